The van der Waals surface area contributed by atoms with Gasteiger partial charge in [-0.15, -0.1) is 5.10 Å². The van der Waals surface area contributed by atoms with Gasteiger partial charge in [0.1, 0.15) is 35.3 Å². The Morgan fingerprint density at radius 3 is 2.65 bits per heavy atom. The smallest absolute Gasteiger partial charge is 0.355 e. The Kier molecular flexibility index (Phi) is 11.1. The molecule has 1 aliphatic heterocycles. The van der Waals surface area contributed by atoms with Crippen LogP contribution in [0.2, 0.25) is 0 Å². The summed E-state index contributed by atoms with van der Waals surface area (Å²) in [5.41, 5.74) is 1.38. The van der Waals surface area contributed by atoms with Crippen LogP contribution in [0.25, 0.3) is 23.1 Å². The highest BCUT2D eigenvalue weighted by Gasteiger charge is 2.45. The van der Waals surface area contributed by atoms with Crippen molar-refractivity contribution in [2.24, 2.45) is 0 Å². The minimum atomic E-state index is -4.56. The van der Waals surface area contributed by atoms with Crippen LogP contribution < -0.4 is 20.7 Å². The Morgan fingerprint density at radius 2 is 1.92 bits per heavy atom. The van der Waals surface area contributed by atoms with Crippen molar-refractivity contribution in [2.45, 2.75) is 69.5 Å². The summed E-state index contributed by atoms with van der Waals surface area (Å²) in [5.74, 6) is 0.598. The minimum Gasteiger partial charge on any atom is -0.457 e. The Balaban J connectivity index is 1.07. The molecule has 18 heteroatoms. The second-order valence-electron chi connectivity index (χ2n) is 12.2. The van der Waals surface area contributed by atoms with E-state index in [0.717, 1.165) is 40.4 Å². The summed E-state index contributed by atoms with van der Waals surface area (Å²) in [6, 6.07) is 12.2. The van der Waals surface area contributed by atoms with Crippen molar-refractivity contribution in [1.29, 1.82) is 0 Å². The number of pyridine rings is 1. The number of furan rings is 1. The fourth-order valence-corrected chi connectivity index (χ4v) is 6.85. The Morgan fingerprint density at radius 1 is 1.12 bits per heavy atom. The van der Waals surface area contributed by atoms with Gasteiger partial charge in [-0.2, -0.15) is 13.0 Å². The van der Waals surface area contributed by atoms with Gasteiger partial charge in [0.25, 0.3) is 5.56 Å². The monoisotopic (exact) mass is 738 g/mol. The Labute approximate surface area is 297 Å². The predicted molar refractivity (Wildman–Crippen MR) is 187 cm³/mol. The number of hydrogen-bond donors (Lipinski definition) is 4. The van der Waals surface area contributed by atoms with Gasteiger partial charge in [-0.05, 0) is 43.7 Å². The molecule has 4 N–H and O–H groups in total. The first-order chi connectivity index (χ1) is 25.0. The van der Waals surface area contributed by atoms with Gasteiger partial charge in [0.2, 0.25) is 0 Å². The summed E-state index contributed by atoms with van der Waals surface area (Å²) in [4.78, 5) is 28.2. The van der Waals surface area contributed by atoms with Crippen LogP contribution in [0.3, 0.4) is 0 Å². The summed E-state index contributed by atoms with van der Waals surface area (Å²) >= 11 is 0. The molecule has 52 heavy (non-hydrogen) atoms. The summed E-state index contributed by atoms with van der Waals surface area (Å²) in [6.07, 6.45) is 3.76. The molecule has 6 rings (SSSR count). The molecule has 0 amide bonds. The van der Waals surface area contributed by atoms with Crippen LogP contribution in [0.1, 0.15) is 43.5 Å². The van der Waals surface area contributed by atoms with Crippen molar-refractivity contribution in [2.75, 3.05) is 24.6 Å². The van der Waals surface area contributed by atoms with Crippen molar-refractivity contribution in [3.63, 3.8) is 0 Å². The highest BCUT2D eigenvalue weighted by molar-refractivity contribution is 7.85. The van der Waals surface area contributed by atoms with Gasteiger partial charge in [0.15, 0.2) is 19.0 Å². The molecular weight excluding hydrogens is 698 g/mol. The molecule has 0 radical (unpaired) electrons. The van der Waals surface area contributed by atoms with Crippen LogP contribution >= 0.6 is 0 Å². The third kappa shape index (κ3) is 8.22. The van der Waals surface area contributed by atoms with Crippen molar-refractivity contribution in [1.82, 2.24) is 24.5 Å². The van der Waals surface area contributed by atoms with E-state index >= 15 is 0 Å². The molecule has 1 aromatic carbocycles. The number of fused-ring (bicyclic) bond motifs is 1. The molecule has 4 atom stereocenters. The Bertz CT molecular complexity index is 2280. The molecule has 0 saturated carbocycles. The van der Waals surface area contributed by atoms with Gasteiger partial charge in [-0.25, -0.2) is 4.79 Å². The number of aryl methyl sites for hydroxylation is 2. The first kappa shape index (κ1) is 36.8. The van der Waals surface area contributed by atoms with Crippen LogP contribution in [0, 0.1) is 0 Å². The van der Waals surface area contributed by atoms with E-state index in [9.17, 15) is 32.8 Å². The summed E-state index contributed by atoms with van der Waals surface area (Å²) in [6.45, 7) is 5.86. The zero-order valence-electron chi connectivity index (χ0n) is 28.5. The molecule has 0 bridgehead atoms. The lowest BCUT2D eigenvalue weighted by Gasteiger charge is -2.21. The van der Waals surface area contributed by atoms with Crippen LogP contribution in [0.15, 0.2) is 80.1 Å². The van der Waals surface area contributed by atoms with Gasteiger partial charge >= 0.3 is 20.8 Å². The average molecular weight is 739 g/mol. The third-order valence-electron chi connectivity index (χ3n) is 8.79. The van der Waals surface area contributed by atoms with Crippen LogP contribution in [0.4, 0.5) is 5.69 Å². The number of aliphatic hydroxyl groups is 2. The van der Waals surface area contributed by atoms with Crippen molar-refractivity contribution in [3.8, 4) is 0 Å². The molecular formula is C34H40N7O10S+. The first-order valence-electron chi connectivity index (χ1n) is 16.7. The number of ether oxygens (including phenoxy) is 2. The van der Waals surface area contributed by atoms with Crippen LogP contribution in [0.5, 0.6) is 0 Å². The highest BCUT2D eigenvalue weighted by atomic mass is 32.2. The predicted octanol–water partition coefficient (Wildman–Crippen LogP) is 1.35. The third-order valence-corrected chi connectivity index (χ3v) is 9.67. The number of anilines is 1. The van der Waals surface area contributed by atoms with Crippen molar-refractivity contribution in [3.05, 3.63) is 98.9 Å². The molecule has 17 nitrogen and oxygen atoms in total. The van der Waals surface area contributed by atoms with Gasteiger partial charge in [-0.3, -0.25) is 23.6 Å². The normalized spacial score (nSPS) is 19.2. The largest absolute Gasteiger partial charge is 0.457 e. The minimum absolute atomic E-state index is 0.125. The molecule has 5 heterocycles. The first-order valence-corrected chi connectivity index (χ1v) is 18.2. The van der Waals surface area contributed by atoms with Crippen LogP contribution in [-0.4, -0.2) is 85.7 Å². The van der Waals surface area contributed by atoms with Gasteiger partial charge in [0.05, 0.1) is 19.4 Å². The second kappa shape index (κ2) is 15.7. The maximum Gasteiger partial charge on any atom is 0.355 e. The molecule has 1 aliphatic rings. The molecule has 0 aliphatic carbocycles. The molecule has 4 aromatic heterocycles. The standard InChI is InChI=1S/C34H39N7O10S/c1-3-38(4-2)25-8-7-23-17-26(50-27(23)18-25)9-6-22-10-14-39(30(16-22)52(46,47)48)12-5-13-40-19-24(36-37-40)21-49-32-31(44)28(20-42)51-33(32)41-15-11-29(43)35-34(41)45/h6-11,14-19,28,31-33,42,44H,3-5,12-13,20-21H2,1-2H3,(H-,35,43,45,46,47,48)/p+1/t28-,31-,32-,33-/m1/s1. The topological polar surface area (TPSA) is 219 Å². The molecule has 5 aromatic rings. The van der Waals surface area contributed by atoms with E-state index in [-0.39, 0.29) is 18.2 Å². The van der Waals surface area contributed by atoms with E-state index in [1.54, 1.807) is 30.6 Å². The lowest BCUT2D eigenvalue weighted by Crippen LogP contribution is -2.40. The number of aromatic amines is 1. The fraction of sp³-hybridized carbons (Fsp3) is 0.382. The fourth-order valence-electron chi connectivity index (χ4n) is 6.12. The number of aliphatic hydroxyl groups excluding tert-OH is 2. The summed E-state index contributed by atoms with van der Waals surface area (Å²) < 4.78 is 56.2. The number of aromatic nitrogens is 6. The van der Waals surface area contributed by atoms with Gasteiger partial charge in [-0.1, -0.05) is 11.3 Å². The van der Waals surface area contributed by atoms with Gasteiger partial charge < -0.3 is 29.0 Å². The van der Waals surface area contributed by atoms with Crippen LogP contribution in [-0.2, 0) is 39.3 Å². The van der Waals surface area contributed by atoms with Crippen molar-refractivity contribution < 1.29 is 41.6 Å². The number of rotatable bonds is 15. The lowest BCUT2D eigenvalue weighted by atomic mass is 10.1. The average Bonchev–Trinajstić information content (AvgIpc) is 3.83. The molecule has 0 spiro atoms. The number of hydrogen-bond acceptors (Lipinski definition) is 12. The SMILES string of the molecule is CCN(CC)c1ccc2cc(C=Cc3cc[n+](CCCn4cc(CO[C@@H]5[C@H](O)[C@@H](CO)O[C@H]5n5ccc(=O)[nH]c5=O)nn4)c(S(=O)(=O)O)c3)oc2c1. The van der Waals surface area contributed by atoms with E-state index in [0.29, 0.717) is 30.0 Å². The lowest BCUT2D eigenvalue weighted by molar-refractivity contribution is -0.734. The van der Waals surface area contributed by atoms with E-state index in [2.05, 4.69) is 40.1 Å². The molecule has 1 saturated heterocycles. The number of nitrogens with zero attached hydrogens (tertiary/aromatic N) is 6. The number of benzene rings is 1. The quantitative estimate of drug-likeness (QED) is 0.0882. The zero-order chi connectivity index (χ0) is 37.0. The highest BCUT2D eigenvalue weighted by Crippen LogP contribution is 2.31. The van der Waals surface area contributed by atoms with E-state index in [4.69, 9.17) is 13.9 Å². The molecule has 0 unspecified atom stereocenters. The van der Waals surface area contributed by atoms with E-state index in [1.807, 2.05) is 18.2 Å². The Hall–Kier alpha value is -4.98. The summed E-state index contributed by atoms with van der Waals surface area (Å²) in [5, 5.41) is 29.1. The molecule has 1 fully saturated rings. The van der Waals surface area contributed by atoms with E-state index in [1.165, 1.54) is 21.5 Å². The van der Waals surface area contributed by atoms with Gasteiger partial charge in [0, 0.05) is 67.6 Å². The summed E-state index contributed by atoms with van der Waals surface area (Å²) in [7, 11) is -4.56. The number of H-pyrrole nitrogens is 1. The zero-order valence-corrected chi connectivity index (χ0v) is 29.3. The molecule has 276 valence electrons. The second-order valence-corrected chi connectivity index (χ2v) is 13.6. The maximum absolute atomic E-state index is 12.3. The van der Waals surface area contributed by atoms with Crippen molar-refractivity contribution >= 4 is 38.9 Å². The number of nitrogens with one attached hydrogen (secondary N) is 1. The maximum atomic E-state index is 12.3. The van der Waals surface area contributed by atoms with E-state index < -0.39 is 52.5 Å².